The van der Waals surface area contributed by atoms with Gasteiger partial charge in [-0.2, -0.15) is 0 Å². The third-order valence-electron chi connectivity index (χ3n) is 6.06. The molecule has 0 radical (unpaired) electrons. The van der Waals surface area contributed by atoms with Gasteiger partial charge in [0.05, 0.1) is 19.4 Å². The molecule has 1 heterocycles. The van der Waals surface area contributed by atoms with Gasteiger partial charge in [-0.25, -0.2) is 4.79 Å². The summed E-state index contributed by atoms with van der Waals surface area (Å²) < 4.78 is 9.82. The second-order valence-corrected chi connectivity index (χ2v) is 15.2. The van der Waals surface area contributed by atoms with Crippen molar-refractivity contribution in [2.75, 3.05) is 0 Å². The quantitative estimate of drug-likeness (QED) is 0.268. The van der Waals surface area contributed by atoms with Gasteiger partial charge in [-0.05, 0) is 29.3 Å². The van der Waals surface area contributed by atoms with Crippen LogP contribution in [-0.4, -0.2) is 17.5 Å². The van der Waals surface area contributed by atoms with E-state index in [-0.39, 0.29) is 10.7 Å². The van der Waals surface area contributed by atoms with E-state index in [9.17, 15) is 4.79 Å². The number of hydrogen-bond acceptors (Lipinski definition) is 3. The summed E-state index contributed by atoms with van der Waals surface area (Å²) >= 11 is 1.65. The first kappa shape index (κ1) is 24.2. The molecule has 0 aliphatic carbocycles. The smallest absolute Gasteiger partial charge is 0.328 e. The molecule has 0 spiro atoms. The van der Waals surface area contributed by atoms with Gasteiger partial charge in [0.1, 0.15) is 0 Å². The lowest BCUT2D eigenvalue weighted by Gasteiger charge is -2.34. The van der Waals surface area contributed by atoms with E-state index in [1.165, 1.54) is 0 Å². The lowest BCUT2D eigenvalue weighted by Crippen LogP contribution is -2.39. The standard InChI is InChI=1S/C26H34N2O2SSi/c1-26(2,3)32(4,5)30-16-17-31-21-24-20-27(18-22-12-8-6-9-13-22)25(29)28(24)19-23-14-10-7-11-15-23/h6-17,20H,18-19,21H2,1-5H3/b17-16+. The molecule has 0 unspecified atom stereocenters. The molecule has 0 aliphatic heterocycles. The monoisotopic (exact) mass is 466 g/mol. The van der Waals surface area contributed by atoms with Crippen molar-refractivity contribution < 1.29 is 4.43 Å². The van der Waals surface area contributed by atoms with Crippen molar-refractivity contribution in [3.63, 3.8) is 0 Å². The van der Waals surface area contributed by atoms with E-state index in [4.69, 9.17) is 4.43 Å². The maximum atomic E-state index is 13.2. The number of rotatable bonds is 9. The first-order valence-corrected chi connectivity index (χ1v) is 14.9. The van der Waals surface area contributed by atoms with Gasteiger partial charge >= 0.3 is 5.69 Å². The van der Waals surface area contributed by atoms with E-state index < -0.39 is 8.32 Å². The molecular formula is C26H34N2O2SSi. The Morgan fingerprint density at radius 2 is 1.50 bits per heavy atom. The van der Waals surface area contributed by atoms with Crippen molar-refractivity contribution in [1.29, 1.82) is 0 Å². The van der Waals surface area contributed by atoms with Gasteiger partial charge in [0.2, 0.25) is 8.32 Å². The molecule has 0 atom stereocenters. The highest BCUT2D eigenvalue weighted by atomic mass is 32.2. The van der Waals surface area contributed by atoms with Crippen LogP contribution in [-0.2, 0) is 23.3 Å². The van der Waals surface area contributed by atoms with Crippen LogP contribution in [0.3, 0.4) is 0 Å². The Kier molecular flexibility index (Phi) is 7.90. The zero-order valence-corrected chi connectivity index (χ0v) is 21.6. The first-order chi connectivity index (χ1) is 15.2. The molecule has 0 fully saturated rings. The molecule has 0 N–H and O–H groups in total. The topological polar surface area (TPSA) is 36.2 Å². The minimum absolute atomic E-state index is 0.0230. The van der Waals surface area contributed by atoms with E-state index in [2.05, 4.69) is 58.1 Å². The molecule has 4 nitrogen and oxygen atoms in total. The van der Waals surface area contributed by atoms with E-state index in [1.807, 2.05) is 63.4 Å². The van der Waals surface area contributed by atoms with Crippen molar-refractivity contribution in [3.8, 4) is 0 Å². The van der Waals surface area contributed by atoms with Gasteiger partial charge < -0.3 is 4.43 Å². The lowest BCUT2D eigenvalue weighted by atomic mass is 10.2. The van der Waals surface area contributed by atoms with Crippen molar-refractivity contribution >= 4 is 20.1 Å². The largest absolute Gasteiger partial charge is 0.548 e. The zero-order valence-electron chi connectivity index (χ0n) is 19.7. The van der Waals surface area contributed by atoms with E-state index in [1.54, 1.807) is 11.8 Å². The predicted molar refractivity (Wildman–Crippen MR) is 138 cm³/mol. The summed E-state index contributed by atoms with van der Waals surface area (Å²) in [4.78, 5) is 13.2. The van der Waals surface area contributed by atoms with Crippen LogP contribution in [0.5, 0.6) is 0 Å². The molecule has 0 amide bonds. The van der Waals surface area contributed by atoms with Crippen LogP contribution < -0.4 is 5.69 Å². The Balaban J connectivity index is 1.76. The van der Waals surface area contributed by atoms with E-state index >= 15 is 0 Å². The third-order valence-corrected chi connectivity index (χ3v) is 11.2. The predicted octanol–water partition coefficient (Wildman–Crippen LogP) is 6.47. The molecule has 2 aromatic carbocycles. The summed E-state index contributed by atoms with van der Waals surface area (Å²) in [5, 5.41) is 2.18. The van der Waals surface area contributed by atoms with Crippen LogP contribution >= 0.6 is 11.8 Å². The summed E-state index contributed by atoms with van der Waals surface area (Å²) in [6, 6.07) is 20.2. The molecule has 1 aromatic heterocycles. The second-order valence-electron chi connectivity index (χ2n) is 9.55. The summed E-state index contributed by atoms with van der Waals surface area (Å²) in [7, 11) is -1.80. The summed E-state index contributed by atoms with van der Waals surface area (Å²) in [6.07, 6.45) is 3.83. The van der Waals surface area contributed by atoms with Crippen molar-refractivity contribution in [2.45, 2.75) is 57.7 Å². The highest BCUT2D eigenvalue weighted by Gasteiger charge is 2.37. The SMILES string of the molecule is CC(C)(C)[Si](C)(C)O/C=C/SCc1cn(Cc2ccccc2)c(=O)n1Cc1ccccc1. The number of benzene rings is 2. The van der Waals surface area contributed by atoms with Gasteiger partial charge in [-0.1, -0.05) is 81.4 Å². The normalized spacial score (nSPS) is 12.4. The van der Waals surface area contributed by atoms with Crippen LogP contribution in [0.25, 0.3) is 0 Å². The van der Waals surface area contributed by atoms with Crippen molar-refractivity contribution in [2.24, 2.45) is 0 Å². The Labute approximate surface area is 197 Å². The molecule has 32 heavy (non-hydrogen) atoms. The Morgan fingerprint density at radius 1 is 0.938 bits per heavy atom. The van der Waals surface area contributed by atoms with Gasteiger partial charge in [0.15, 0.2) is 0 Å². The molecule has 170 valence electrons. The maximum absolute atomic E-state index is 13.2. The minimum Gasteiger partial charge on any atom is -0.548 e. The molecule has 0 saturated carbocycles. The van der Waals surface area contributed by atoms with Gasteiger partial charge in [-0.15, -0.1) is 11.8 Å². The summed E-state index contributed by atoms with van der Waals surface area (Å²) in [6.45, 7) is 12.3. The van der Waals surface area contributed by atoms with Gasteiger partial charge in [0, 0.05) is 23.1 Å². The molecule has 3 aromatic rings. The van der Waals surface area contributed by atoms with Crippen LogP contribution in [0.4, 0.5) is 0 Å². The van der Waals surface area contributed by atoms with E-state index in [0.717, 1.165) is 16.8 Å². The molecular weight excluding hydrogens is 432 g/mol. The number of hydrogen-bond donors (Lipinski definition) is 0. The number of aromatic nitrogens is 2. The minimum atomic E-state index is -1.80. The summed E-state index contributed by atoms with van der Waals surface area (Å²) in [5.74, 6) is 0.710. The van der Waals surface area contributed by atoms with Crippen LogP contribution in [0.2, 0.25) is 18.1 Å². The van der Waals surface area contributed by atoms with Crippen LogP contribution in [0.15, 0.2) is 83.3 Å². The molecule has 0 bridgehead atoms. The number of imidazole rings is 1. The van der Waals surface area contributed by atoms with Gasteiger partial charge in [0.25, 0.3) is 0 Å². The average Bonchev–Trinajstić information content (AvgIpc) is 3.03. The second kappa shape index (κ2) is 10.4. The zero-order chi connectivity index (χ0) is 23.2. The Bertz CT molecular complexity index is 1080. The Hall–Kier alpha value is -2.44. The lowest BCUT2D eigenvalue weighted by molar-refractivity contribution is 0.431. The average molecular weight is 467 g/mol. The molecule has 6 heteroatoms. The number of thioether (sulfide) groups is 1. The van der Waals surface area contributed by atoms with Crippen LogP contribution in [0, 0.1) is 0 Å². The van der Waals surface area contributed by atoms with Crippen molar-refractivity contribution in [1.82, 2.24) is 9.13 Å². The fourth-order valence-electron chi connectivity index (χ4n) is 3.07. The van der Waals surface area contributed by atoms with Crippen LogP contribution in [0.1, 0.15) is 37.6 Å². The van der Waals surface area contributed by atoms with Gasteiger partial charge in [-0.3, -0.25) is 9.13 Å². The number of nitrogens with zero attached hydrogens (tertiary/aromatic N) is 2. The fraction of sp³-hybridized carbons (Fsp3) is 0.346. The Morgan fingerprint density at radius 3 is 2.06 bits per heavy atom. The highest BCUT2D eigenvalue weighted by molar-refractivity contribution is 8.01. The maximum Gasteiger partial charge on any atom is 0.328 e. The molecule has 3 rings (SSSR count). The first-order valence-electron chi connectivity index (χ1n) is 11.0. The third kappa shape index (κ3) is 6.30. The molecule has 0 aliphatic rings. The summed E-state index contributed by atoms with van der Waals surface area (Å²) in [5.41, 5.74) is 3.27. The highest BCUT2D eigenvalue weighted by Crippen LogP contribution is 2.36. The fourth-order valence-corrected chi connectivity index (χ4v) is 4.57. The van der Waals surface area contributed by atoms with E-state index in [0.29, 0.717) is 18.8 Å². The van der Waals surface area contributed by atoms with Crippen molar-refractivity contribution in [3.05, 3.63) is 106 Å². The molecule has 0 saturated heterocycles.